The molecule has 5 aromatic carbocycles. The second-order valence-corrected chi connectivity index (χ2v) is 15.2. The third kappa shape index (κ3) is 9.46. The van der Waals surface area contributed by atoms with E-state index in [1.807, 2.05) is 74.8 Å². The number of rotatable bonds is 19. The van der Waals surface area contributed by atoms with Gasteiger partial charge in [-0.2, -0.15) is 0 Å². The Kier molecular flexibility index (Phi) is 13.9. The van der Waals surface area contributed by atoms with E-state index in [0.717, 1.165) is 47.5 Å². The van der Waals surface area contributed by atoms with Gasteiger partial charge in [-0.1, -0.05) is 48.5 Å². The lowest BCUT2D eigenvalue weighted by atomic mass is 10.1. The van der Waals surface area contributed by atoms with Gasteiger partial charge in [-0.05, 0) is 91.9 Å². The second kappa shape index (κ2) is 20.0. The zero-order chi connectivity index (χ0) is 43.6. The highest BCUT2D eigenvalue weighted by Crippen LogP contribution is 2.39. The van der Waals surface area contributed by atoms with E-state index in [9.17, 15) is 14.4 Å². The van der Waals surface area contributed by atoms with Gasteiger partial charge in [0.1, 0.15) is 6.61 Å². The Morgan fingerprint density at radius 1 is 0.839 bits per heavy atom. The predicted octanol–water partition coefficient (Wildman–Crippen LogP) is 8.93. The van der Waals surface area contributed by atoms with E-state index < -0.39 is 6.09 Å². The monoisotopic (exact) mass is 839 g/mol. The molecule has 0 radical (unpaired) electrons. The average Bonchev–Trinajstić information content (AvgIpc) is 3.89. The van der Waals surface area contributed by atoms with E-state index in [4.69, 9.17) is 23.7 Å². The summed E-state index contributed by atoms with van der Waals surface area (Å²) >= 11 is 0. The highest BCUT2D eigenvalue weighted by Gasteiger charge is 2.33. The molecule has 2 heterocycles. The van der Waals surface area contributed by atoms with Crippen LogP contribution in [0.1, 0.15) is 56.7 Å². The number of carbonyl (C=O) groups excluding carboxylic acids is 3. The summed E-state index contributed by atoms with van der Waals surface area (Å²) in [6, 6.07) is 30.3. The minimum atomic E-state index is -0.586. The molecule has 0 bridgehead atoms. The summed E-state index contributed by atoms with van der Waals surface area (Å²) in [7, 11) is 6.91. The molecule has 2 aliphatic rings. The van der Waals surface area contributed by atoms with Crippen molar-refractivity contribution in [2.75, 3.05) is 74.6 Å². The molecule has 0 spiro atoms. The topological polar surface area (TPSA) is 131 Å². The quantitative estimate of drug-likeness (QED) is 0.0489. The summed E-state index contributed by atoms with van der Waals surface area (Å²) in [5, 5.41) is 3.09. The molecule has 2 aliphatic heterocycles. The second-order valence-electron chi connectivity index (χ2n) is 15.2. The number of hydrogen-bond acceptors (Lipinski definition) is 11. The van der Waals surface area contributed by atoms with E-state index in [2.05, 4.69) is 34.1 Å². The number of unbranched alkanes of at least 4 members (excludes halogenated alkanes) is 2. The lowest BCUT2D eigenvalue weighted by molar-refractivity contribution is 0.0989. The van der Waals surface area contributed by atoms with Gasteiger partial charge in [-0.3, -0.25) is 19.5 Å². The van der Waals surface area contributed by atoms with Gasteiger partial charge in [0.2, 0.25) is 0 Å². The number of aldehydes is 1. The Hall–Kier alpha value is -7.02. The maximum Gasteiger partial charge on any atom is 0.414 e. The molecule has 0 aromatic heterocycles. The molecular formula is C49H53N5O8. The highest BCUT2D eigenvalue weighted by molar-refractivity contribution is 6.11. The SMILES string of the molecule is C=Nc1cc(OCCCCCOc2cc(N(CC3Cc4ccccc4N3C)C(=O)OCc3ccc(NC)cc3)c(C=O)cc2OC)c(OC)cc1C(=O)N1CCc2ccccc21. The number of para-hydroxylation sites is 2. The molecule has 0 fully saturated rings. The normalized spacial score (nSPS) is 13.8. The highest BCUT2D eigenvalue weighted by atomic mass is 16.6. The average molecular weight is 840 g/mol. The summed E-state index contributed by atoms with van der Waals surface area (Å²) in [6.45, 7) is 5.34. The Balaban J connectivity index is 0.995. The van der Waals surface area contributed by atoms with Crippen LogP contribution >= 0.6 is 0 Å². The summed E-state index contributed by atoms with van der Waals surface area (Å²) in [5.41, 5.74) is 7.54. The number of benzene rings is 5. The van der Waals surface area contributed by atoms with Crippen LogP contribution in [-0.2, 0) is 24.2 Å². The first-order valence-corrected chi connectivity index (χ1v) is 20.8. The number of aliphatic imine (C=N–C) groups is 1. The van der Waals surface area contributed by atoms with Crippen molar-refractivity contribution in [3.8, 4) is 23.0 Å². The zero-order valence-electron chi connectivity index (χ0n) is 35.7. The maximum absolute atomic E-state index is 14.1. The minimum absolute atomic E-state index is 0.0535. The number of hydrogen-bond donors (Lipinski definition) is 1. The third-order valence-electron chi connectivity index (χ3n) is 11.4. The summed E-state index contributed by atoms with van der Waals surface area (Å²) in [5.74, 6) is 1.51. The number of anilines is 4. The molecule has 13 heteroatoms. The predicted molar refractivity (Wildman–Crippen MR) is 243 cm³/mol. The molecule has 0 aliphatic carbocycles. The van der Waals surface area contributed by atoms with Crippen molar-refractivity contribution in [2.45, 2.75) is 44.8 Å². The van der Waals surface area contributed by atoms with E-state index in [1.54, 1.807) is 36.3 Å². The van der Waals surface area contributed by atoms with Gasteiger partial charge < -0.3 is 38.8 Å². The van der Waals surface area contributed by atoms with Gasteiger partial charge >= 0.3 is 6.09 Å². The molecule has 7 rings (SSSR count). The van der Waals surface area contributed by atoms with E-state index in [-0.39, 0.29) is 30.7 Å². The fourth-order valence-corrected chi connectivity index (χ4v) is 8.00. The molecule has 322 valence electrons. The van der Waals surface area contributed by atoms with Gasteiger partial charge in [0, 0.05) is 61.9 Å². The molecule has 1 unspecified atom stereocenters. The Bertz CT molecular complexity index is 2400. The van der Waals surface area contributed by atoms with Crippen LogP contribution in [0.5, 0.6) is 23.0 Å². The number of carbonyl (C=O) groups is 3. The van der Waals surface area contributed by atoms with Crippen LogP contribution in [-0.4, -0.2) is 85.7 Å². The van der Waals surface area contributed by atoms with Crippen LogP contribution in [0.15, 0.2) is 102 Å². The Morgan fingerprint density at radius 2 is 1.50 bits per heavy atom. The fraction of sp³-hybridized carbons (Fsp3) is 0.306. The van der Waals surface area contributed by atoms with Crippen molar-refractivity contribution in [3.05, 3.63) is 125 Å². The van der Waals surface area contributed by atoms with Gasteiger partial charge in [0.05, 0.1) is 50.4 Å². The lowest BCUT2D eigenvalue weighted by Gasteiger charge is -2.31. The molecule has 1 N–H and O–H groups in total. The number of fused-ring (bicyclic) bond motifs is 2. The number of ether oxygens (including phenoxy) is 5. The summed E-state index contributed by atoms with van der Waals surface area (Å²) in [4.78, 5) is 49.9. The van der Waals surface area contributed by atoms with Gasteiger partial charge in [0.25, 0.3) is 5.91 Å². The number of amides is 2. The fourth-order valence-electron chi connectivity index (χ4n) is 8.00. The van der Waals surface area contributed by atoms with Crippen LogP contribution < -0.4 is 39.0 Å². The van der Waals surface area contributed by atoms with Crippen molar-refractivity contribution >= 4 is 53.4 Å². The molecule has 1 atom stereocenters. The van der Waals surface area contributed by atoms with Gasteiger partial charge in [0.15, 0.2) is 29.3 Å². The van der Waals surface area contributed by atoms with Crippen LogP contribution in [0.2, 0.25) is 0 Å². The zero-order valence-corrected chi connectivity index (χ0v) is 35.7. The molecular weight excluding hydrogens is 787 g/mol. The van der Waals surface area contributed by atoms with E-state index in [1.165, 1.54) is 17.6 Å². The van der Waals surface area contributed by atoms with Crippen molar-refractivity contribution in [1.29, 1.82) is 0 Å². The maximum atomic E-state index is 14.1. The van der Waals surface area contributed by atoms with Gasteiger partial charge in [-0.15, -0.1) is 0 Å². The number of nitrogens with one attached hydrogen (secondary N) is 1. The summed E-state index contributed by atoms with van der Waals surface area (Å²) in [6.07, 6.45) is 3.80. The largest absolute Gasteiger partial charge is 0.493 e. The molecule has 13 nitrogen and oxygen atoms in total. The van der Waals surface area contributed by atoms with Crippen molar-refractivity contribution in [1.82, 2.24) is 0 Å². The first-order chi connectivity index (χ1) is 30.3. The van der Waals surface area contributed by atoms with E-state index in [0.29, 0.717) is 78.8 Å². The van der Waals surface area contributed by atoms with Crippen LogP contribution in [0, 0.1) is 0 Å². The number of methoxy groups -OCH3 is 2. The van der Waals surface area contributed by atoms with Crippen molar-refractivity contribution in [2.24, 2.45) is 4.99 Å². The van der Waals surface area contributed by atoms with Crippen molar-refractivity contribution in [3.63, 3.8) is 0 Å². The Morgan fingerprint density at radius 3 is 2.16 bits per heavy atom. The first-order valence-electron chi connectivity index (χ1n) is 20.8. The van der Waals surface area contributed by atoms with Crippen LogP contribution in [0.4, 0.5) is 33.2 Å². The van der Waals surface area contributed by atoms with E-state index >= 15 is 0 Å². The molecule has 62 heavy (non-hydrogen) atoms. The smallest absolute Gasteiger partial charge is 0.414 e. The molecule has 5 aromatic rings. The number of likely N-dealkylation sites (N-methyl/N-ethyl adjacent to an activating group) is 1. The molecule has 0 saturated heterocycles. The standard InChI is InChI=1S/C49H53N5O8/c1-50-37-19-17-33(18-20-37)32-62-49(57)54(30-38-25-35-14-8-9-15-41(35)52(38)3)43-29-47(44(58-4)26-36(43)31-55)61-24-12-6-11-23-60-46-28-40(51-2)39(27-45(46)59-5)48(56)53-22-21-34-13-7-10-16-42(34)53/h7-10,13-20,26-29,31,38,50H,2,6,11-12,21-25,30,32H2,1,3-5H3. The number of nitrogens with zero attached hydrogens (tertiary/aromatic N) is 4. The van der Waals surface area contributed by atoms with Crippen LogP contribution in [0.25, 0.3) is 0 Å². The molecule has 0 saturated carbocycles. The summed E-state index contributed by atoms with van der Waals surface area (Å²) < 4.78 is 29.6. The third-order valence-corrected chi connectivity index (χ3v) is 11.4. The lowest BCUT2D eigenvalue weighted by Crippen LogP contribution is -2.44. The van der Waals surface area contributed by atoms with Crippen molar-refractivity contribution < 1.29 is 38.1 Å². The first kappa shape index (κ1) is 43.1. The minimum Gasteiger partial charge on any atom is -0.493 e. The molecule has 2 amide bonds. The Labute approximate surface area is 362 Å². The van der Waals surface area contributed by atoms with Crippen LogP contribution in [0.3, 0.4) is 0 Å². The van der Waals surface area contributed by atoms with Gasteiger partial charge in [-0.25, -0.2) is 4.79 Å².